The molecule has 0 radical (unpaired) electrons. The number of thioether (sulfide) groups is 1. The Morgan fingerprint density at radius 2 is 2.06 bits per heavy atom. The van der Waals surface area contributed by atoms with Gasteiger partial charge < -0.3 is 19.4 Å². The Kier molecular flexibility index (Phi) is 6.46. The quantitative estimate of drug-likeness (QED) is 0.588. The molecule has 8 heteroatoms. The molecule has 0 spiro atoms. The van der Waals surface area contributed by atoms with Gasteiger partial charge in [-0.2, -0.15) is 0 Å². The second-order valence-electron chi connectivity index (χ2n) is 7.50. The third-order valence-electron chi connectivity index (χ3n) is 5.60. The van der Waals surface area contributed by atoms with E-state index in [2.05, 4.69) is 10.3 Å². The zero-order chi connectivity index (χ0) is 21.8. The average Bonchev–Trinajstić information content (AvgIpc) is 3.27. The van der Waals surface area contributed by atoms with E-state index in [9.17, 15) is 9.59 Å². The number of likely N-dealkylation sites (tertiary alicyclic amines) is 1. The van der Waals surface area contributed by atoms with E-state index in [0.717, 1.165) is 23.3 Å². The second kappa shape index (κ2) is 9.43. The fourth-order valence-electron chi connectivity index (χ4n) is 3.86. The molecule has 3 aromatic rings. The zero-order valence-electron chi connectivity index (χ0n) is 17.6. The van der Waals surface area contributed by atoms with Gasteiger partial charge in [-0.1, -0.05) is 12.1 Å². The highest BCUT2D eigenvalue weighted by molar-refractivity contribution is 7.98. The molecule has 31 heavy (non-hydrogen) atoms. The number of nitrogens with zero attached hydrogens (tertiary/aromatic N) is 2. The lowest BCUT2D eigenvalue weighted by atomic mass is 9.96. The Morgan fingerprint density at radius 3 is 2.81 bits per heavy atom. The van der Waals surface area contributed by atoms with Crippen molar-refractivity contribution < 1.29 is 18.7 Å². The van der Waals surface area contributed by atoms with Crippen LogP contribution in [0, 0.1) is 5.92 Å². The predicted octanol–water partition coefficient (Wildman–Crippen LogP) is 3.84. The molecule has 162 valence electrons. The van der Waals surface area contributed by atoms with E-state index in [1.165, 1.54) is 11.8 Å². The number of benzene rings is 1. The molecular formula is C23H25N3O4S. The number of nitrogens with one attached hydrogen (secondary N) is 1. The third kappa shape index (κ3) is 4.54. The number of carbonyl (C=O) groups is 2. The number of hydrogen-bond donors (Lipinski definition) is 1. The molecule has 0 bridgehead atoms. The van der Waals surface area contributed by atoms with Crippen molar-refractivity contribution in [3.8, 4) is 5.75 Å². The maximum Gasteiger partial charge on any atom is 0.287 e. The van der Waals surface area contributed by atoms with Crippen LogP contribution in [0.4, 0.5) is 0 Å². The lowest BCUT2D eigenvalue weighted by Crippen LogP contribution is -2.41. The molecule has 0 aliphatic carbocycles. The van der Waals surface area contributed by atoms with Gasteiger partial charge in [0.1, 0.15) is 5.03 Å². The van der Waals surface area contributed by atoms with E-state index in [1.807, 2.05) is 29.4 Å². The predicted molar refractivity (Wildman–Crippen MR) is 120 cm³/mol. The van der Waals surface area contributed by atoms with Crippen LogP contribution in [-0.4, -0.2) is 54.7 Å². The van der Waals surface area contributed by atoms with Gasteiger partial charge in [-0.05, 0) is 49.3 Å². The third-order valence-corrected chi connectivity index (χ3v) is 6.31. The largest absolute Gasteiger partial charge is 0.493 e. The molecule has 1 N–H and O–H groups in total. The first-order valence-electron chi connectivity index (χ1n) is 10.2. The summed E-state index contributed by atoms with van der Waals surface area (Å²) in [6, 6.07) is 10.9. The van der Waals surface area contributed by atoms with Crippen molar-refractivity contribution in [2.24, 2.45) is 5.92 Å². The lowest BCUT2D eigenvalue weighted by Gasteiger charge is -2.32. The number of fused-ring (bicyclic) bond motifs is 1. The van der Waals surface area contributed by atoms with E-state index in [-0.39, 0.29) is 17.6 Å². The van der Waals surface area contributed by atoms with Crippen molar-refractivity contribution in [2.45, 2.75) is 17.9 Å². The van der Waals surface area contributed by atoms with Crippen LogP contribution in [0.1, 0.15) is 33.8 Å². The summed E-state index contributed by atoms with van der Waals surface area (Å²) in [5.74, 6) is 0.980. The van der Waals surface area contributed by atoms with Gasteiger partial charge in [0, 0.05) is 31.2 Å². The highest BCUT2D eigenvalue weighted by Crippen LogP contribution is 2.28. The molecule has 7 nitrogen and oxygen atoms in total. The summed E-state index contributed by atoms with van der Waals surface area (Å²) < 4.78 is 11.0. The van der Waals surface area contributed by atoms with Crippen molar-refractivity contribution >= 4 is 34.5 Å². The summed E-state index contributed by atoms with van der Waals surface area (Å²) in [5.41, 5.74) is 1.23. The van der Waals surface area contributed by atoms with E-state index in [0.29, 0.717) is 42.4 Å². The fourth-order valence-corrected chi connectivity index (χ4v) is 4.40. The van der Waals surface area contributed by atoms with Crippen LogP contribution in [0.15, 0.2) is 52.0 Å². The molecular weight excluding hydrogens is 414 g/mol. The molecule has 0 saturated carbocycles. The van der Waals surface area contributed by atoms with Gasteiger partial charge in [-0.3, -0.25) is 9.59 Å². The average molecular weight is 440 g/mol. The Hall–Kier alpha value is -3.00. The molecule has 1 aliphatic heterocycles. The molecule has 0 unspecified atom stereocenters. The first kappa shape index (κ1) is 21.2. The number of carbonyl (C=O) groups excluding carboxylic acids is 2. The van der Waals surface area contributed by atoms with Gasteiger partial charge in [0.15, 0.2) is 17.1 Å². The summed E-state index contributed by atoms with van der Waals surface area (Å²) in [4.78, 5) is 31.6. The summed E-state index contributed by atoms with van der Waals surface area (Å²) in [5, 5.41) is 4.55. The van der Waals surface area contributed by atoms with Crippen LogP contribution < -0.4 is 10.1 Å². The van der Waals surface area contributed by atoms with Crippen LogP contribution in [0.25, 0.3) is 11.0 Å². The number of hydrogen-bond acceptors (Lipinski definition) is 6. The Balaban J connectivity index is 1.31. The monoisotopic (exact) mass is 439 g/mol. The second-order valence-corrected chi connectivity index (χ2v) is 8.29. The molecule has 0 atom stereocenters. The smallest absolute Gasteiger partial charge is 0.287 e. The molecule has 4 rings (SSSR count). The van der Waals surface area contributed by atoms with E-state index in [1.54, 1.807) is 31.5 Å². The summed E-state index contributed by atoms with van der Waals surface area (Å²) >= 11 is 1.48. The van der Waals surface area contributed by atoms with Gasteiger partial charge in [0.25, 0.3) is 11.8 Å². The Labute approximate surface area is 185 Å². The molecule has 2 aromatic heterocycles. The Morgan fingerprint density at radius 1 is 1.26 bits per heavy atom. The number of ether oxygens (including phenoxy) is 1. The van der Waals surface area contributed by atoms with Gasteiger partial charge >= 0.3 is 0 Å². The normalized spacial score (nSPS) is 14.6. The van der Waals surface area contributed by atoms with Crippen molar-refractivity contribution in [2.75, 3.05) is 33.0 Å². The molecule has 2 amide bonds. The minimum absolute atomic E-state index is 0.0242. The van der Waals surface area contributed by atoms with Crippen molar-refractivity contribution in [3.63, 3.8) is 0 Å². The SMILES string of the molecule is COc1cccc2cc(C(=O)NCC3CCN(C(=O)c4cccnc4SC)CC3)oc12. The maximum absolute atomic E-state index is 12.9. The van der Waals surface area contributed by atoms with Crippen molar-refractivity contribution in [1.82, 2.24) is 15.2 Å². The van der Waals surface area contributed by atoms with E-state index >= 15 is 0 Å². The number of pyridine rings is 1. The van der Waals surface area contributed by atoms with E-state index < -0.39 is 0 Å². The number of furan rings is 1. The Bertz CT molecular complexity index is 1090. The fraction of sp³-hybridized carbons (Fsp3) is 0.348. The van der Waals surface area contributed by atoms with Gasteiger partial charge in [-0.25, -0.2) is 4.98 Å². The lowest BCUT2D eigenvalue weighted by molar-refractivity contribution is 0.0679. The van der Waals surface area contributed by atoms with Crippen LogP contribution in [0.2, 0.25) is 0 Å². The maximum atomic E-state index is 12.9. The van der Waals surface area contributed by atoms with Crippen LogP contribution in [-0.2, 0) is 0 Å². The van der Waals surface area contributed by atoms with Crippen LogP contribution >= 0.6 is 11.8 Å². The van der Waals surface area contributed by atoms with Crippen LogP contribution in [0.5, 0.6) is 5.75 Å². The first-order valence-corrected chi connectivity index (χ1v) is 11.5. The summed E-state index contributed by atoms with van der Waals surface area (Å²) in [6.07, 6.45) is 5.31. The van der Waals surface area contributed by atoms with Crippen LogP contribution in [0.3, 0.4) is 0 Å². The molecule has 1 aromatic carbocycles. The number of piperidine rings is 1. The number of amides is 2. The summed E-state index contributed by atoms with van der Waals surface area (Å²) in [6.45, 7) is 1.89. The molecule has 1 saturated heterocycles. The minimum atomic E-state index is -0.239. The highest BCUT2D eigenvalue weighted by Gasteiger charge is 2.26. The zero-order valence-corrected chi connectivity index (χ0v) is 18.4. The first-order chi connectivity index (χ1) is 15.1. The van der Waals surface area contributed by atoms with E-state index in [4.69, 9.17) is 9.15 Å². The standard InChI is InChI=1S/C23H25N3O4S/c1-29-18-7-3-5-16-13-19(30-20(16)18)21(27)25-14-15-8-11-26(12-9-15)23(28)17-6-4-10-24-22(17)31-2/h3-7,10,13,15H,8-9,11-12,14H2,1-2H3,(H,25,27). The number of methoxy groups -OCH3 is 1. The topological polar surface area (TPSA) is 84.7 Å². The number of rotatable bonds is 6. The molecule has 1 aliphatic rings. The summed E-state index contributed by atoms with van der Waals surface area (Å²) in [7, 11) is 1.57. The minimum Gasteiger partial charge on any atom is -0.493 e. The number of aromatic nitrogens is 1. The van der Waals surface area contributed by atoms with Gasteiger partial charge in [0.05, 0.1) is 12.7 Å². The molecule has 1 fully saturated rings. The van der Waals surface area contributed by atoms with Crippen molar-refractivity contribution in [3.05, 3.63) is 53.9 Å². The van der Waals surface area contributed by atoms with Gasteiger partial charge in [-0.15, -0.1) is 11.8 Å². The van der Waals surface area contributed by atoms with Gasteiger partial charge in [0.2, 0.25) is 0 Å². The molecule has 3 heterocycles. The highest BCUT2D eigenvalue weighted by atomic mass is 32.2. The number of para-hydroxylation sites is 1. The van der Waals surface area contributed by atoms with Crippen molar-refractivity contribution in [1.29, 1.82) is 0 Å².